The maximum atomic E-state index is 5.46. The molecule has 1 fully saturated rings. The molecule has 0 spiro atoms. The first-order valence-electron chi connectivity index (χ1n) is 6.80. The smallest absolute Gasteiger partial charge is 0.246 e. The van der Waals surface area contributed by atoms with Crippen molar-refractivity contribution in [2.45, 2.75) is 38.1 Å². The lowest BCUT2D eigenvalue weighted by molar-refractivity contribution is 0.249. The fraction of sp³-hybridized carbons (Fsp3) is 0.500. The highest BCUT2D eigenvalue weighted by Gasteiger charge is 2.38. The summed E-state index contributed by atoms with van der Waals surface area (Å²) in [5.74, 6) is 1.42. The molecule has 0 bridgehead atoms. The van der Waals surface area contributed by atoms with Gasteiger partial charge in [0.15, 0.2) is 5.82 Å². The number of hydrogen-bond donors (Lipinski definition) is 1. The Balaban J connectivity index is 1.79. The monoisotopic (exact) mass is 258 g/mol. The minimum atomic E-state index is -0.116. The van der Waals surface area contributed by atoms with Crippen LogP contribution in [-0.2, 0) is 12.0 Å². The Kier molecular flexibility index (Phi) is 3.29. The van der Waals surface area contributed by atoms with E-state index in [4.69, 9.17) is 4.52 Å². The Labute approximate surface area is 112 Å². The molecule has 1 aliphatic rings. The second-order valence-electron chi connectivity index (χ2n) is 4.98. The first-order valence-corrected chi connectivity index (χ1v) is 6.80. The van der Waals surface area contributed by atoms with Crippen molar-refractivity contribution in [3.8, 4) is 0 Å². The number of aromatic nitrogens is 3. The zero-order chi connectivity index (χ0) is 13.1. The van der Waals surface area contributed by atoms with E-state index < -0.39 is 0 Å². The van der Waals surface area contributed by atoms with Gasteiger partial charge in [0.1, 0.15) is 0 Å². The molecule has 2 aromatic heterocycles. The predicted molar refractivity (Wildman–Crippen MR) is 70.5 cm³/mol. The van der Waals surface area contributed by atoms with E-state index in [2.05, 4.69) is 27.4 Å². The molecule has 5 nitrogen and oxygen atoms in total. The molecule has 100 valence electrons. The first kappa shape index (κ1) is 12.3. The number of hydrogen-bond acceptors (Lipinski definition) is 5. The van der Waals surface area contributed by atoms with Crippen LogP contribution < -0.4 is 5.32 Å². The van der Waals surface area contributed by atoms with Crippen LogP contribution >= 0.6 is 0 Å². The van der Waals surface area contributed by atoms with Crippen molar-refractivity contribution < 1.29 is 4.52 Å². The van der Waals surface area contributed by atoms with Gasteiger partial charge in [-0.3, -0.25) is 4.98 Å². The van der Waals surface area contributed by atoms with E-state index in [-0.39, 0.29) is 5.54 Å². The van der Waals surface area contributed by atoms with Crippen molar-refractivity contribution >= 4 is 0 Å². The quantitative estimate of drug-likeness (QED) is 0.909. The summed E-state index contributed by atoms with van der Waals surface area (Å²) in [5.41, 5.74) is 0.842. The molecule has 0 aromatic carbocycles. The molecule has 0 saturated carbocycles. The van der Waals surface area contributed by atoms with Crippen LogP contribution in [0.1, 0.15) is 43.6 Å². The fourth-order valence-corrected chi connectivity index (χ4v) is 2.63. The molecule has 0 aliphatic carbocycles. The molecule has 1 aliphatic heterocycles. The molecule has 3 heterocycles. The van der Waals surface area contributed by atoms with Crippen molar-refractivity contribution in [1.29, 1.82) is 0 Å². The van der Waals surface area contributed by atoms with E-state index in [1.54, 1.807) is 6.20 Å². The molecule has 1 N–H and O–H groups in total. The van der Waals surface area contributed by atoms with Crippen LogP contribution in [-0.4, -0.2) is 21.7 Å². The maximum absolute atomic E-state index is 5.46. The summed E-state index contributed by atoms with van der Waals surface area (Å²) < 4.78 is 5.46. The fourth-order valence-electron chi connectivity index (χ4n) is 2.63. The van der Waals surface area contributed by atoms with Crippen LogP contribution in [0.2, 0.25) is 0 Å². The van der Waals surface area contributed by atoms with Crippen molar-refractivity contribution in [1.82, 2.24) is 20.4 Å². The van der Waals surface area contributed by atoms with Gasteiger partial charge in [-0.05, 0) is 37.9 Å². The Morgan fingerprint density at radius 3 is 3.05 bits per heavy atom. The normalized spacial score (nSPS) is 22.8. The van der Waals surface area contributed by atoms with E-state index in [9.17, 15) is 0 Å². The Morgan fingerprint density at radius 2 is 2.37 bits per heavy atom. The van der Waals surface area contributed by atoms with Gasteiger partial charge in [0, 0.05) is 11.9 Å². The standard InChI is InChI=1S/C14H18N4O/c1-2-14(7-5-9-16-14)13-17-12(18-19-13)10-11-6-3-4-8-15-11/h3-4,6,8,16H,2,5,7,9-10H2,1H3. The van der Waals surface area contributed by atoms with Crippen molar-refractivity contribution in [2.24, 2.45) is 0 Å². The highest BCUT2D eigenvalue weighted by molar-refractivity contribution is 5.11. The summed E-state index contributed by atoms with van der Waals surface area (Å²) in [6.07, 6.45) is 5.59. The number of pyridine rings is 1. The largest absolute Gasteiger partial charge is 0.337 e. The van der Waals surface area contributed by atoms with Crippen LogP contribution in [0, 0.1) is 0 Å². The average Bonchev–Trinajstić information content (AvgIpc) is 3.09. The highest BCUT2D eigenvalue weighted by Crippen LogP contribution is 2.32. The minimum Gasteiger partial charge on any atom is -0.337 e. The molecule has 1 unspecified atom stereocenters. The zero-order valence-corrected chi connectivity index (χ0v) is 11.1. The second-order valence-corrected chi connectivity index (χ2v) is 4.98. The van der Waals surface area contributed by atoms with Crippen molar-refractivity contribution in [3.05, 3.63) is 41.8 Å². The predicted octanol–water partition coefficient (Wildman–Crippen LogP) is 2.04. The third-order valence-electron chi connectivity index (χ3n) is 3.79. The van der Waals surface area contributed by atoms with Crippen molar-refractivity contribution in [3.63, 3.8) is 0 Å². The Hall–Kier alpha value is -1.75. The topological polar surface area (TPSA) is 63.8 Å². The highest BCUT2D eigenvalue weighted by atomic mass is 16.5. The van der Waals surface area contributed by atoms with Crippen LogP contribution in [0.15, 0.2) is 28.9 Å². The average molecular weight is 258 g/mol. The van der Waals surface area contributed by atoms with E-state index in [1.165, 1.54) is 0 Å². The van der Waals surface area contributed by atoms with Gasteiger partial charge in [-0.15, -0.1) is 0 Å². The molecule has 0 radical (unpaired) electrons. The molecule has 2 aromatic rings. The molecule has 3 rings (SSSR count). The summed E-state index contributed by atoms with van der Waals surface area (Å²) in [7, 11) is 0. The second kappa shape index (κ2) is 5.09. The van der Waals surface area contributed by atoms with Gasteiger partial charge in [-0.1, -0.05) is 18.1 Å². The minimum absolute atomic E-state index is 0.116. The van der Waals surface area contributed by atoms with Gasteiger partial charge in [0.2, 0.25) is 5.89 Å². The SMILES string of the molecule is CCC1(c2nc(Cc3ccccn3)no2)CCCN1. The third-order valence-corrected chi connectivity index (χ3v) is 3.79. The molecule has 19 heavy (non-hydrogen) atoms. The van der Waals surface area contributed by atoms with Gasteiger partial charge < -0.3 is 9.84 Å². The number of nitrogens with zero attached hydrogens (tertiary/aromatic N) is 3. The molecule has 0 amide bonds. The zero-order valence-electron chi connectivity index (χ0n) is 11.1. The van der Waals surface area contributed by atoms with Crippen LogP contribution in [0.3, 0.4) is 0 Å². The van der Waals surface area contributed by atoms with Crippen LogP contribution in [0.25, 0.3) is 0 Å². The van der Waals surface area contributed by atoms with E-state index in [1.807, 2.05) is 18.2 Å². The molecule has 1 atom stereocenters. The van der Waals surface area contributed by atoms with Gasteiger partial charge in [-0.2, -0.15) is 4.98 Å². The van der Waals surface area contributed by atoms with Crippen LogP contribution in [0.5, 0.6) is 0 Å². The third kappa shape index (κ3) is 2.38. The lowest BCUT2D eigenvalue weighted by atomic mass is 9.94. The van der Waals surface area contributed by atoms with E-state index in [0.29, 0.717) is 12.2 Å². The molecular weight excluding hydrogens is 240 g/mol. The lowest BCUT2D eigenvalue weighted by Gasteiger charge is -2.22. The summed E-state index contributed by atoms with van der Waals surface area (Å²) in [4.78, 5) is 8.83. The summed E-state index contributed by atoms with van der Waals surface area (Å²) >= 11 is 0. The lowest BCUT2D eigenvalue weighted by Crippen LogP contribution is -2.36. The van der Waals surface area contributed by atoms with Gasteiger partial charge in [-0.25, -0.2) is 0 Å². The Bertz CT molecular complexity index is 531. The van der Waals surface area contributed by atoms with Gasteiger partial charge >= 0.3 is 0 Å². The van der Waals surface area contributed by atoms with E-state index >= 15 is 0 Å². The van der Waals surface area contributed by atoms with Crippen LogP contribution in [0.4, 0.5) is 0 Å². The number of rotatable bonds is 4. The molecular formula is C14H18N4O. The molecule has 5 heteroatoms. The number of nitrogens with one attached hydrogen (secondary N) is 1. The first-order chi connectivity index (χ1) is 9.32. The van der Waals surface area contributed by atoms with Crippen molar-refractivity contribution in [2.75, 3.05) is 6.54 Å². The maximum Gasteiger partial charge on any atom is 0.246 e. The molecule has 1 saturated heterocycles. The summed E-state index contributed by atoms with van der Waals surface area (Å²) in [6.45, 7) is 3.17. The van der Waals surface area contributed by atoms with Gasteiger partial charge in [0.05, 0.1) is 12.0 Å². The summed E-state index contributed by atoms with van der Waals surface area (Å²) in [5, 5.41) is 7.58. The van der Waals surface area contributed by atoms with Gasteiger partial charge in [0.25, 0.3) is 0 Å². The van der Waals surface area contributed by atoms with E-state index in [0.717, 1.165) is 37.4 Å². The summed E-state index contributed by atoms with van der Waals surface area (Å²) in [6, 6.07) is 5.84. The Morgan fingerprint density at radius 1 is 1.42 bits per heavy atom.